The minimum absolute atomic E-state index is 0.200. The molecule has 0 aliphatic carbocycles. The Balaban J connectivity index is 1.34. The van der Waals surface area contributed by atoms with Gasteiger partial charge >= 0.3 is 5.97 Å². The molecule has 1 saturated heterocycles. The number of carbonyl (C=O) groups excluding carboxylic acids is 2. The van der Waals surface area contributed by atoms with Crippen LogP contribution in [0.25, 0.3) is 5.69 Å². The molecule has 0 bridgehead atoms. The lowest BCUT2D eigenvalue weighted by Crippen LogP contribution is -2.38. The van der Waals surface area contributed by atoms with Crippen LogP contribution in [0.3, 0.4) is 0 Å². The molecule has 2 aromatic heterocycles. The number of carbonyl (C=O) groups is 2. The number of aryl methyl sites for hydroxylation is 1. The quantitative estimate of drug-likeness (QED) is 0.370. The molecule has 0 unspecified atom stereocenters. The van der Waals surface area contributed by atoms with E-state index >= 15 is 0 Å². The molecule has 1 fully saturated rings. The lowest BCUT2D eigenvalue weighted by molar-refractivity contribution is -0.148. The average molecular weight is 463 g/mol. The molecule has 1 aliphatic rings. The van der Waals surface area contributed by atoms with Crippen LogP contribution in [-0.4, -0.2) is 52.6 Å². The molecular weight excluding hydrogens is 432 g/mol. The number of hydrogen-bond donors (Lipinski definition) is 0. The molecule has 0 N–H and O–H groups in total. The smallest absolute Gasteiger partial charge is 0.309 e. The SMILES string of the molecule is CCOc1ccc(-n2c(C)cc(C(=O)COC(=O)C3CCN(c4ncccn4)CC3)c2C)cc1. The van der Waals surface area contributed by atoms with E-state index < -0.39 is 0 Å². The van der Waals surface area contributed by atoms with Crippen LogP contribution in [0.5, 0.6) is 5.75 Å². The van der Waals surface area contributed by atoms with Crippen LogP contribution >= 0.6 is 0 Å². The first-order chi connectivity index (χ1) is 16.5. The van der Waals surface area contributed by atoms with Gasteiger partial charge in [-0.3, -0.25) is 9.59 Å². The number of hydrogen-bond acceptors (Lipinski definition) is 7. The number of aromatic nitrogens is 3. The second kappa shape index (κ2) is 10.5. The number of ether oxygens (including phenoxy) is 2. The summed E-state index contributed by atoms with van der Waals surface area (Å²) >= 11 is 0. The predicted molar refractivity (Wildman–Crippen MR) is 129 cm³/mol. The molecule has 3 aromatic rings. The van der Waals surface area contributed by atoms with Crippen LogP contribution in [0.15, 0.2) is 48.8 Å². The molecular formula is C26H30N4O4. The van der Waals surface area contributed by atoms with E-state index in [-0.39, 0.29) is 24.3 Å². The molecule has 0 spiro atoms. The van der Waals surface area contributed by atoms with Crippen molar-refractivity contribution in [2.75, 3.05) is 31.2 Å². The maximum atomic E-state index is 12.9. The highest BCUT2D eigenvalue weighted by molar-refractivity contribution is 5.99. The third-order valence-corrected chi connectivity index (χ3v) is 6.15. The van der Waals surface area contributed by atoms with Crippen molar-refractivity contribution < 1.29 is 19.1 Å². The van der Waals surface area contributed by atoms with Crippen LogP contribution in [0.4, 0.5) is 5.95 Å². The lowest BCUT2D eigenvalue weighted by atomic mass is 9.97. The fraction of sp³-hybridized carbons (Fsp3) is 0.385. The fourth-order valence-corrected chi connectivity index (χ4v) is 4.40. The maximum absolute atomic E-state index is 12.9. The largest absolute Gasteiger partial charge is 0.494 e. The number of rotatable bonds is 8. The number of nitrogens with zero attached hydrogens (tertiary/aromatic N) is 4. The van der Waals surface area contributed by atoms with Gasteiger partial charge in [-0.05, 0) is 70.0 Å². The van der Waals surface area contributed by atoms with Gasteiger partial charge in [0.2, 0.25) is 11.7 Å². The summed E-state index contributed by atoms with van der Waals surface area (Å²) in [6, 6.07) is 11.4. The standard InChI is InChI=1S/C26H30N4O4/c1-4-33-22-8-6-21(7-9-22)30-18(2)16-23(19(30)3)24(31)17-34-25(32)20-10-14-29(15-11-20)26-27-12-5-13-28-26/h5-9,12-13,16,20H,4,10-11,14-15,17H2,1-3H3. The van der Waals surface area contributed by atoms with E-state index in [9.17, 15) is 9.59 Å². The van der Waals surface area contributed by atoms with Crippen LogP contribution in [0.2, 0.25) is 0 Å². The zero-order valence-corrected chi connectivity index (χ0v) is 19.9. The van der Waals surface area contributed by atoms with Crippen molar-refractivity contribution in [2.24, 2.45) is 5.92 Å². The first-order valence-electron chi connectivity index (χ1n) is 11.6. The fourth-order valence-electron chi connectivity index (χ4n) is 4.40. The van der Waals surface area contributed by atoms with E-state index in [1.807, 2.05) is 55.7 Å². The van der Waals surface area contributed by atoms with Gasteiger partial charge in [0, 0.05) is 48.1 Å². The van der Waals surface area contributed by atoms with E-state index in [1.54, 1.807) is 18.5 Å². The summed E-state index contributed by atoms with van der Waals surface area (Å²) in [5.41, 5.74) is 3.27. The third kappa shape index (κ3) is 5.11. The van der Waals surface area contributed by atoms with Gasteiger partial charge in [0.25, 0.3) is 0 Å². The Morgan fingerprint density at radius 1 is 1.06 bits per heavy atom. The highest BCUT2D eigenvalue weighted by Crippen LogP contribution is 2.24. The summed E-state index contributed by atoms with van der Waals surface area (Å²) < 4.78 is 13.0. The normalized spacial score (nSPS) is 14.1. The van der Waals surface area contributed by atoms with Crippen molar-refractivity contribution in [1.29, 1.82) is 0 Å². The van der Waals surface area contributed by atoms with Crippen LogP contribution < -0.4 is 9.64 Å². The minimum Gasteiger partial charge on any atom is -0.494 e. The number of Topliss-reactive ketones (excluding diaryl/α,β-unsaturated/α-hetero) is 1. The van der Waals surface area contributed by atoms with Crippen molar-refractivity contribution in [3.05, 3.63) is 65.7 Å². The Morgan fingerprint density at radius 3 is 2.38 bits per heavy atom. The Hall–Kier alpha value is -3.68. The Kier molecular flexibility index (Phi) is 7.25. The molecule has 4 rings (SSSR count). The second-order valence-electron chi connectivity index (χ2n) is 8.39. The Labute approximate surface area is 199 Å². The summed E-state index contributed by atoms with van der Waals surface area (Å²) in [7, 11) is 0. The van der Waals surface area contributed by atoms with Gasteiger partial charge in [0.05, 0.1) is 12.5 Å². The summed E-state index contributed by atoms with van der Waals surface area (Å²) in [4.78, 5) is 36.1. The molecule has 0 amide bonds. The summed E-state index contributed by atoms with van der Waals surface area (Å²) in [5.74, 6) is 0.742. The number of piperidine rings is 1. The highest BCUT2D eigenvalue weighted by Gasteiger charge is 2.28. The van der Waals surface area contributed by atoms with Crippen molar-refractivity contribution in [2.45, 2.75) is 33.6 Å². The van der Waals surface area contributed by atoms with Crippen LogP contribution in [0, 0.1) is 19.8 Å². The number of benzene rings is 1. The van der Waals surface area contributed by atoms with Crippen molar-refractivity contribution in [1.82, 2.24) is 14.5 Å². The van der Waals surface area contributed by atoms with Gasteiger partial charge in [-0.25, -0.2) is 9.97 Å². The van der Waals surface area contributed by atoms with E-state index in [0.717, 1.165) is 22.8 Å². The second-order valence-corrected chi connectivity index (χ2v) is 8.39. The van der Waals surface area contributed by atoms with Crippen LogP contribution in [-0.2, 0) is 9.53 Å². The van der Waals surface area contributed by atoms with E-state index in [2.05, 4.69) is 14.9 Å². The molecule has 8 heteroatoms. The zero-order chi connectivity index (χ0) is 24.1. The molecule has 1 aromatic carbocycles. The van der Waals surface area contributed by atoms with E-state index in [0.29, 0.717) is 44.0 Å². The van der Waals surface area contributed by atoms with E-state index in [1.165, 1.54) is 0 Å². The molecule has 3 heterocycles. The summed E-state index contributed by atoms with van der Waals surface area (Å²) in [6.07, 6.45) is 4.72. The van der Waals surface area contributed by atoms with Gasteiger partial charge in [0.1, 0.15) is 5.75 Å². The van der Waals surface area contributed by atoms with Gasteiger partial charge in [-0.15, -0.1) is 0 Å². The minimum atomic E-state index is -0.317. The molecule has 0 atom stereocenters. The van der Waals surface area contributed by atoms with Crippen molar-refractivity contribution in [3.63, 3.8) is 0 Å². The summed E-state index contributed by atoms with van der Waals surface area (Å²) in [5, 5.41) is 0. The van der Waals surface area contributed by atoms with Gasteiger partial charge in [-0.1, -0.05) is 0 Å². The molecule has 1 aliphatic heterocycles. The molecule has 34 heavy (non-hydrogen) atoms. The van der Waals surface area contributed by atoms with E-state index in [4.69, 9.17) is 9.47 Å². The Morgan fingerprint density at radius 2 is 1.74 bits per heavy atom. The highest BCUT2D eigenvalue weighted by atomic mass is 16.5. The third-order valence-electron chi connectivity index (χ3n) is 6.15. The molecule has 8 nitrogen and oxygen atoms in total. The number of esters is 1. The monoisotopic (exact) mass is 462 g/mol. The molecule has 0 radical (unpaired) electrons. The first-order valence-corrected chi connectivity index (χ1v) is 11.6. The molecule has 178 valence electrons. The average Bonchev–Trinajstić information content (AvgIpc) is 3.17. The Bertz CT molecular complexity index is 1130. The van der Waals surface area contributed by atoms with Gasteiger partial charge in [0.15, 0.2) is 6.61 Å². The number of ketones is 1. The maximum Gasteiger partial charge on any atom is 0.309 e. The predicted octanol–water partition coefficient (Wildman–Crippen LogP) is 3.93. The topological polar surface area (TPSA) is 86.5 Å². The summed E-state index contributed by atoms with van der Waals surface area (Å²) in [6.45, 7) is 7.52. The van der Waals surface area contributed by atoms with Crippen LogP contribution in [0.1, 0.15) is 41.5 Å². The zero-order valence-electron chi connectivity index (χ0n) is 19.9. The van der Waals surface area contributed by atoms with Gasteiger partial charge in [-0.2, -0.15) is 0 Å². The lowest BCUT2D eigenvalue weighted by Gasteiger charge is -2.30. The molecule has 0 saturated carbocycles. The van der Waals surface area contributed by atoms with Crippen molar-refractivity contribution >= 4 is 17.7 Å². The van der Waals surface area contributed by atoms with Gasteiger partial charge < -0.3 is 18.9 Å². The first kappa shape index (κ1) is 23.5. The van der Waals surface area contributed by atoms with Crippen molar-refractivity contribution in [3.8, 4) is 11.4 Å². The number of anilines is 1.